The maximum Gasteiger partial charge on any atom is 0.160 e. The van der Waals surface area contributed by atoms with Gasteiger partial charge in [0.05, 0.1) is 12.9 Å². The van der Waals surface area contributed by atoms with E-state index in [4.69, 9.17) is 22.1 Å². The average Bonchev–Trinajstić information content (AvgIpc) is 2.96. The van der Waals surface area contributed by atoms with E-state index in [2.05, 4.69) is 19.9 Å². The van der Waals surface area contributed by atoms with E-state index >= 15 is 0 Å². The Kier molecular flexibility index (Phi) is 3.07. The Balaban J connectivity index is 2.03. The molecule has 0 aliphatic carbocycles. The standard InChI is InChI=1S/C10H12N4O4S/c15-1-3-5(16)6(17)7(18-3)9-13-8-4(10(19)14-9)11-2-12-8/h2-3,5-7,15-17H,1H2,(H2,11,12,13,14,19)/t3-,5-,6-,7?/m1/s1. The molecule has 19 heavy (non-hydrogen) atoms. The van der Waals surface area contributed by atoms with Gasteiger partial charge in [-0.15, -0.1) is 0 Å². The lowest BCUT2D eigenvalue weighted by Gasteiger charge is -2.13. The molecule has 1 aliphatic heterocycles. The maximum atomic E-state index is 9.92. The fourth-order valence-corrected chi connectivity index (χ4v) is 2.38. The number of aliphatic hydroxyl groups is 3. The van der Waals surface area contributed by atoms with Crippen molar-refractivity contribution in [3.63, 3.8) is 0 Å². The molecule has 0 bridgehead atoms. The number of imidazole rings is 1. The molecule has 1 aliphatic rings. The van der Waals surface area contributed by atoms with Gasteiger partial charge in [0.2, 0.25) is 0 Å². The van der Waals surface area contributed by atoms with Crippen LogP contribution >= 0.6 is 12.2 Å². The van der Waals surface area contributed by atoms with E-state index in [0.717, 1.165) is 0 Å². The molecule has 1 fully saturated rings. The first-order valence-corrected chi connectivity index (χ1v) is 6.08. The van der Waals surface area contributed by atoms with Gasteiger partial charge in [-0.3, -0.25) is 0 Å². The van der Waals surface area contributed by atoms with Crippen molar-refractivity contribution in [1.82, 2.24) is 19.9 Å². The highest BCUT2D eigenvalue weighted by Gasteiger charge is 2.44. The van der Waals surface area contributed by atoms with Crippen molar-refractivity contribution in [3.05, 3.63) is 16.8 Å². The van der Waals surface area contributed by atoms with Gasteiger partial charge in [0.25, 0.3) is 0 Å². The normalized spacial score (nSPS) is 31.1. The van der Waals surface area contributed by atoms with Gasteiger partial charge in [-0.25, -0.2) is 9.97 Å². The Hall–Kier alpha value is -1.39. The minimum Gasteiger partial charge on any atom is -0.394 e. The summed E-state index contributed by atoms with van der Waals surface area (Å²) in [5.74, 6) is 0.270. The Morgan fingerprint density at radius 1 is 1.37 bits per heavy atom. The van der Waals surface area contributed by atoms with Crippen molar-refractivity contribution in [2.45, 2.75) is 24.4 Å². The van der Waals surface area contributed by atoms with Gasteiger partial charge >= 0.3 is 0 Å². The lowest BCUT2D eigenvalue weighted by Crippen LogP contribution is -2.32. The number of nitrogens with zero attached hydrogens (tertiary/aromatic N) is 2. The van der Waals surface area contributed by atoms with Gasteiger partial charge in [-0.1, -0.05) is 12.2 Å². The summed E-state index contributed by atoms with van der Waals surface area (Å²) in [7, 11) is 0. The number of ether oxygens (including phenoxy) is 1. The van der Waals surface area contributed by atoms with Crippen molar-refractivity contribution < 1.29 is 20.1 Å². The lowest BCUT2D eigenvalue weighted by atomic mass is 10.1. The summed E-state index contributed by atoms with van der Waals surface area (Å²) in [6.07, 6.45) is -2.62. The molecule has 3 rings (SSSR count). The minimum absolute atomic E-state index is 0.270. The van der Waals surface area contributed by atoms with Crippen LogP contribution in [0, 0.1) is 4.64 Å². The predicted octanol–water partition coefficient (Wildman–Crippen LogP) is -0.831. The van der Waals surface area contributed by atoms with E-state index < -0.39 is 24.4 Å². The monoisotopic (exact) mass is 284 g/mol. The van der Waals surface area contributed by atoms with Gasteiger partial charge < -0.3 is 30.0 Å². The number of H-pyrrole nitrogens is 2. The number of fused-ring (bicyclic) bond motifs is 1. The Bertz CT molecular complexity index is 656. The highest BCUT2D eigenvalue weighted by atomic mass is 32.1. The molecule has 0 saturated carbocycles. The first-order chi connectivity index (χ1) is 9.11. The Morgan fingerprint density at radius 3 is 2.84 bits per heavy atom. The summed E-state index contributed by atoms with van der Waals surface area (Å²) < 4.78 is 5.66. The molecule has 2 aromatic heterocycles. The molecule has 0 aromatic carbocycles. The van der Waals surface area contributed by atoms with E-state index in [1.807, 2.05) is 0 Å². The van der Waals surface area contributed by atoms with Crippen LogP contribution in [0.1, 0.15) is 11.9 Å². The van der Waals surface area contributed by atoms with Gasteiger partial charge in [0.1, 0.15) is 35.8 Å². The van der Waals surface area contributed by atoms with Crippen LogP contribution in [-0.4, -0.2) is 60.2 Å². The third kappa shape index (κ3) is 1.95. The van der Waals surface area contributed by atoms with Crippen molar-refractivity contribution in [1.29, 1.82) is 0 Å². The summed E-state index contributed by atoms with van der Waals surface area (Å²) in [6, 6.07) is 0. The third-order valence-corrected chi connectivity index (χ3v) is 3.43. The van der Waals surface area contributed by atoms with Crippen LogP contribution in [0.4, 0.5) is 0 Å². The lowest BCUT2D eigenvalue weighted by molar-refractivity contribution is -0.0252. The van der Waals surface area contributed by atoms with Crippen molar-refractivity contribution in [2.75, 3.05) is 6.61 Å². The van der Waals surface area contributed by atoms with Gasteiger partial charge in [0.15, 0.2) is 10.3 Å². The molecule has 1 unspecified atom stereocenters. The summed E-state index contributed by atoms with van der Waals surface area (Å²) in [5, 5.41) is 28.7. The van der Waals surface area contributed by atoms with Crippen LogP contribution in [0.2, 0.25) is 0 Å². The molecule has 8 nitrogen and oxygen atoms in total. The molecule has 5 N–H and O–H groups in total. The molecule has 9 heteroatoms. The Labute approximate surface area is 112 Å². The second-order valence-electron chi connectivity index (χ2n) is 4.31. The topological polar surface area (TPSA) is 127 Å². The molecule has 0 spiro atoms. The van der Waals surface area contributed by atoms with E-state index in [1.165, 1.54) is 6.33 Å². The quantitative estimate of drug-likeness (QED) is 0.455. The van der Waals surface area contributed by atoms with Crippen molar-refractivity contribution >= 4 is 23.4 Å². The Morgan fingerprint density at radius 2 is 2.16 bits per heavy atom. The summed E-state index contributed by atoms with van der Waals surface area (Å²) in [6.45, 7) is -0.389. The molecule has 2 aromatic rings. The highest BCUT2D eigenvalue weighted by Crippen LogP contribution is 2.31. The number of hydrogen-bond acceptors (Lipinski definition) is 7. The van der Waals surface area contributed by atoms with Crippen LogP contribution in [0.3, 0.4) is 0 Å². The average molecular weight is 284 g/mol. The zero-order valence-electron chi connectivity index (χ0n) is 9.65. The SMILES string of the molecule is OC[C@H]1OC(c2nc(=S)c3[nH]cnc3[nH]2)[C@H](O)[C@@H]1O. The van der Waals surface area contributed by atoms with Crippen LogP contribution in [0.15, 0.2) is 6.33 Å². The van der Waals surface area contributed by atoms with Gasteiger partial charge in [-0.05, 0) is 0 Å². The smallest absolute Gasteiger partial charge is 0.160 e. The molecule has 1 saturated heterocycles. The molecular formula is C10H12N4O4S. The van der Waals surface area contributed by atoms with Crippen LogP contribution < -0.4 is 0 Å². The first kappa shape index (κ1) is 12.6. The molecule has 4 atom stereocenters. The van der Waals surface area contributed by atoms with E-state index in [9.17, 15) is 10.2 Å². The van der Waals surface area contributed by atoms with Crippen LogP contribution in [0.5, 0.6) is 0 Å². The third-order valence-electron chi connectivity index (χ3n) is 3.13. The van der Waals surface area contributed by atoms with E-state index in [-0.39, 0.29) is 12.4 Å². The number of hydrogen-bond donors (Lipinski definition) is 5. The molecule has 0 radical (unpaired) electrons. The molecular weight excluding hydrogens is 272 g/mol. The number of aromatic amines is 2. The fraction of sp³-hybridized carbons (Fsp3) is 0.500. The number of aliphatic hydroxyl groups excluding tert-OH is 3. The van der Waals surface area contributed by atoms with E-state index in [0.29, 0.717) is 15.8 Å². The zero-order valence-corrected chi connectivity index (χ0v) is 10.5. The van der Waals surface area contributed by atoms with Gasteiger partial charge in [0, 0.05) is 0 Å². The van der Waals surface area contributed by atoms with Gasteiger partial charge in [-0.2, -0.15) is 0 Å². The zero-order chi connectivity index (χ0) is 13.6. The second kappa shape index (κ2) is 4.62. The van der Waals surface area contributed by atoms with Crippen molar-refractivity contribution in [3.8, 4) is 0 Å². The largest absolute Gasteiger partial charge is 0.394 e. The first-order valence-electron chi connectivity index (χ1n) is 5.67. The van der Waals surface area contributed by atoms with Crippen LogP contribution in [-0.2, 0) is 4.74 Å². The fourth-order valence-electron chi connectivity index (χ4n) is 2.13. The second-order valence-corrected chi connectivity index (χ2v) is 4.70. The predicted molar refractivity (Wildman–Crippen MR) is 65.8 cm³/mol. The number of nitrogens with one attached hydrogen (secondary N) is 2. The summed E-state index contributed by atoms with van der Waals surface area (Å²) >= 11 is 5.10. The number of aromatic nitrogens is 4. The van der Waals surface area contributed by atoms with Crippen LogP contribution in [0.25, 0.3) is 11.2 Å². The molecule has 0 amide bonds. The summed E-state index contributed by atoms with van der Waals surface area (Å²) in [4.78, 5) is 13.9. The van der Waals surface area contributed by atoms with E-state index in [1.54, 1.807) is 0 Å². The maximum absolute atomic E-state index is 9.92. The minimum atomic E-state index is -1.19. The molecule has 3 heterocycles. The highest BCUT2D eigenvalue weighted by molar-refractivity contribution is 7.71. The van der Waals surface area contributed by atoms with Crippen molar-refractivity contribution in [2.24, 2.45) is 0 Å². The molecule has 102 valence electrons. The summed E-state index contributed by atoms with van der Waals surface area (Å²) in [5.41, 5.74) is 1.08. The number of rotatable bonds is 2.